The fourth-order valence-electron chi connectivity index (χ4n) is 4.28. The van der Waals surface area contributed by atoms with Gasteiger partial charge < -0.3 is 59.4 Å². The van der Waals surface area contributed by atoms with Crippen LogP contribution in [0.3, 0.4) is 0 Å². The van der Waals surface area contributed by atoms with Crippen molar-refractivity contribution < 1.29 is 57.8 Å². The number of aliphatic carboxylic acids is 1. The third-order valence-corrected chi connectivity index (χ3v) is 8.31. The van der Waals surface area contributed by atoms with Crippen molar-refractivity contribution in [1.29, 1.82) is 0 Å². The molecular weight excluding hydrogens is 742 g/mol. The largest absolute Gasteiger partial charge is 0.480 e. The number of hydrogen-bond donors (Lipinski definition) is 2. The number of carboxylic acid groups (broad SMARTS) is 1. The fourth-order valence-corrected chi connectivity index (χ4v) is 4.28. The van der Waals surface area contributed by atoms with E-state index in [4.69, 9.17) is 5.11 Å². The Balaban J connectivity index is 4.88. The molecule has 0 fully saturated rings. The smallest absolute Gasteiger partial charge is 0.323 e. The maximum Gasteiger partial charge on any atom is 0.323 e. The molecule has 0 rings (SSSR count). The maximum atomic E-state index is 12.8. The molecule has 23 heteroatoms. The van der Waals surface area contributed by atoms with Crippen LogP contribution in [0.4, 0.5) is 0 Å². The minimum Gasteiger partial charge on any atom is -0.480 e. The van der Waals surface area contributed by atoms with Crippen molar-refractivity contribution >= 4 is 65.0 Å². The molecule has 0 spiro atoms. The zero-order valence-corrected chi connectivity index (χ0v) is 34.2. The highest BCUT2D eigenvalue weighted by atomic mass is 16.4. The van der Waals surface area contributed by atoms with E-state index in [-0.39, 0.29) is 25.5 Å². The van der Waals surface area contributed by atoms with E-state index in [9.17, 15) is 52.7 Å². The first-order valence-electron chi connectivity index (χ1n) is 17.1. The summed E-state index contributed by atoms with van der Waals surface area (Å²) in [5.74, 6) is -6.89. The number of amides is 10. The van der Waals surface area contributed by atoms with Gasteiger partial charge in [-0.1, -0.05) is 0 Å². The summed E-state index contributed by atoms with van der Waals surface area (Å²) >= 11 is 0. The predicted octanol–water partition coefficient (Wildman–Crippen LogP) is -6.13. The number of likely N-dealkylation sites (N-methyl/N-ethyl adjacent to an activating group) is 11. The quantitative estimate of drug-likeness (QED) is 0.104. The van der Waals surface area contributed by atoms with E-state index in [1.807, 2.05) is 0 Å². The van der Waals surface area contributed by atoms with E-state index in [2.05, 4.69) is 5.32 Å². The van der Waals surface area contributed by atoms with E-state index in [0.29, 0.717) is 0 Å². The highest BCUT2D eigenvalue weighted by Gasteiger charge is 2.26. The molecule has 10 amide bonds. The molecule has 0 atom stereocenters. The first-order valence-corrected chi connectivity index (χ1v) is 17.1. The summed E-state index contributed by atoms with van der Waals surface area (Å²) < 4.78 is 0. The highest BCUT2D eigenvalue weighted by Crippen LogP contribution is 2.00. The van der Waals surface area contributed by atoms with Crippen molar-refractivity contribution in [2.24, 2.45) is 0 Å². The summed E-state index contributed by atoms with van der Waals surface area (Å²) in [5, 5.41) is 11.5. The zero-order valence-electron chi connectivity index (χ0n) is 34.2. The van der Waals surface area contributed by atoms with E-state index < -0.39 is 111 Å². The van der Waals surface area contributed by atoms with Gasteiger partial charge in [-0.25, -0.2) is 0 Å². The molecule has 56 heavy (non-hydrogen) atoms. The third kappa shape index (κ3) is 18.0. The summed E-state index contributed by atoms with van der Waals surface area (Å²) in [5.41, 5.74) is 0. The van der Waals surface area contributed by atoms with Gasteiger partial charge in [-0.2, -0.15) is 0 Å². The Morgan fingerprint density at radius 3 is 0.589 bits per heavy atom. The van der Waals surface area contributed by atoms with Crippen LogP contribution in [0, 0.1) is 0 Å². The lowest BCUT2D eigenvalue weighted by atomic mass is 10.3. The molecular formula is C33H57N11O12. The maximum absolute atomic E-state index is 12.8. The second-order valence-electron chi connectivity index (χ2n) is 13.4. The third-order valence-electron chi connectivity index (χ3n) is 8.31. The number of carboxylic acids is 1. The van der Waals surface area contributed by atoms with Crippen LogP contribution in [-0.4, -0.2) is 269 Å². The molecule has 0 aliphatic heterocycles. The fraction of sp³-hybridized carbons (Fsp3) is 0.667. The molecule has 0 aromatic carbocycles. The molecule has 0 aromatic rings. The molecule has 2 N–H and O–H groups in total. The molecule has 0 aliphatic rings. The van der Waals surface area contributed by atoms with Crippen LogP contribution in [0.5, 0.6) is 0 Å². The summed E-state index contributed by atoms with van der Waals surface area (Å²) in [4.78, 5) is 147. The van der Waals surface area contributed by atoms with E-state index in [0.717, 1.165) is 44.1 Å². The number of carbonyl (C=O) groups is 11. The lowest BCUT2D eigenvalue weighted by Crippen LogP contribution is -2.49. The van der Waals surface area contributed by atoms with Gasteiger partial charge in [0.1, 0.15) is 6.54 Å². The van der Waals surface area contributed by atoms with Gasteiger partial charge in [0, 0.05) is 70.5 Å². The van der Waals surface area contributed by atoms with Crippen molar-refractivity contribution in [2.75, 3.05) is 150 Å². The lowest BCUT2D eigenvalue weighted by molar-refractivity contribution is -0.147. The first kappa shape index (κ1) is 50.1. The molecule has 0 unspecified atom stereocenters. The molecule has 0 heterocycles. The molecule has 0 aliphatic carbocycles. The molecule has 0 radical (unpaired) electrons. The van der Waals surface area contributed by atoms with Gasteiger partial charge in [-0.3, -0.25) is 52.7 Å². The highest BCUT2D eigenvalue weighted by molar-refractivity contribution is 5.94. The van der Waals surface area contributed by atoms with Gasteiger partial charge in [0.2, 0.25) is 59.1 Å². The van der Waals surface area contributed by atoms with Crippen LogP contribution in [-0.2, 0) is 52.7 Å². The average molecular weight is 800 g/mol. The standard InChI is InChI=1S/C33H57N11O12/c1-34-12-23(45)35(2)13-24(46)36(3)14-25(47)37(4)15-26(48)38(5)16-27(49)39(6)17-28(50)40(7)18-29(51)41(8)19-30(52)42(9)20-31(53)43(10)21-32(54)44(11)22-33(55)56/h34H,12-22H2,1-11H3,(H,55,56). The van der Waals surface area contributed by atoms with Crippen LogP contribution in [0.2, 0.25) is 0 Å². The van der Waals surface area contributed by atoms with Gasteiger partial charge in [-0.15, -0.1) is 0 Å². The number of nitrogens with zero attached hydrogens (tertiary/aromatic N) is 10. The Morgan fingerprint density at radius 2 is 0.446 bits per heavy atom. The first-order chi connectivity index (χ1) is 25.8. The second kappa shape index (κ2) is 23.8. The van der Waals surface area contributed by atoms with Gasteiger partial charge >= 0.3 is 5.97 Å². The number of hydrogen-bond acceptors (Lipinski definition) is 12. The Morgan fingerprint density at radius 1 is 0.304 bits per heavy atom. The van der Waals surface area contributed by atoms with Gasteiger partial charge in [0.05, 0.1) is 65.4 Å². The molecule has 316 valence electrons. The summed E-state index contributed by atoms with van der Waals surface area (Å²) in [6.07, 6.45) is 0. The molecule has 0 saturated heterocycles. The van der Waals surface area contributed by atoms with Gasteiger partial charge in [0.25, 0.3) is 0 Å². The van der Waals surface area contributed by atoms with Crippen molar-refractivity contribution in [3.63, 3.8) is 0 Å². The SMILES string of the molecule is CNCC(=O)N(C)CC(=O)N(C)CC(=O)N(C)CC(=O)N(C)CC(=O)N(C)CC(=O)N(C)CC(=O)N(C)CC(=O)N(C)CC(=O)N(C)CC(=O)N(C)CC(=O)O. The Kier molecular flexibility index (Phi) is 21.3. The Bertz CT molecular complexity index is 1490. The minimum atomic E-state index is -1.22. The lowest BCUT2D eigenvalue weighted by Gasteiger charge is -2.27. The van der Waals surface area contributed by atoms with Crippen LogP contribution in [0.25, 0.3) is 0 Å². The normalized spacial score (nSPS) is 10.3. The topological polar surface area (TPSA) is 252 Å². The van der Waals surface area contributed by atoms with E-state index >= 15 is 0 Å². The van der Waals surface area contributed by atoms with Crippen LogP contribution in [0.15, 0.2) is 0 Å². The summed E-state index contributed by atoms with van der Waals surface area (Å²) in [6, 6.07) is 0. The number of carbonyl (C=O) groups excluding carboxylic acids is 10. The van der Waals surface area contributed by atoms with Crippen LogP contribution in [0.1, 0.15) is 0 Å². The molecule has 0 bridgehead atoms. The predicted molar refractivity (Wildman–Crippen MR) is 198 cm³/mol. The van der Waals surface area contributed by atoms with E-state index in [1.165, 1.54) is 75.4 Å². The molecule has 23 nitrogen and oxygen atoms in total. The van der Waals surface area contributed by atoms with Crippen LogP contribution >= 0.6 is 0 Å². The van der Waals surface area contributed by atoms with Crippen molar-refractivity contribution in [3.8, 4) is 0 Å². The average Bonchev–Trinajstić information content (AvgIpc) is 3.10. The monoisotopic (exact) mass is 799 g/mol. The molecule has 0 saturated carbocycles. The summed E-state index contributed by atoms with van der Waals surface area (Å²) in [7, 11) is 15.0. The Labute approximate surface area is 326 Å². The van der Waals surface area contributed by atoms with Crippen LogP contribution < -0.4 is 5.32 Å². The van der Waals surface area contributed by atoms with Crippen molar-refractivity contribution in [1.82, 2.24) is 54.3 Å². The van der Waals surface area contributed by atoms with Crippen molar-refractivity contribution in [3.05, 3.63) is 0 Å². The van der Waals surface area contributed by atoms with Crippen molar-refractivity contribution in [2.45, 2.75) is 0 Å². The molecule has 0 aromatic heterocycles. The number of nitrogens with one attached hydrogen (secondary N) is 1. The zero-order chi connectivity index (χ0) is 43.6. The van der Waals surface area contributed by atoms with Gasteiger partial charge in [-0.05, 0) is 7.05 Å². The second-order valence-corrected chi connectivity index (χ2v) is 13.4. The number of rotatable bonds is 22. The Hall–Kier alpha value is -5.87. The minimum absolute atomic E-state index is 0.0413. The van der Waals surface area contributed by atoms with E-state index in [1.54, 1.807) is 7.05 Å². The van der Waals surface area contributed by atoms with Gasteiger partial charge in [0.15, 0.2) is 0 Å². The summed E-state index contributed by atoms with van der Waals surface area (Å²) in [6.45, 7) is -4.14.